The molecule has 0 amide bonds. The number of rotatable bonds is 2. The smallest absolute Gasteiger partial charge is 0.331 e. The molecule has 2 aliphatic carbocycles. The van der Waals surface area contributed by atoms with Crippen molar-refractivity contribution in [2.75, 3.05) is 0 Å². The number of fused-ring (bicyclic) bond motifs is 2. The van der Waals surface area contributed by atoms with Gasteiger partial charge in [0.1, 0.15) is 0 Å². The average Bonchev–Trinajstić information content (AvgIpc) is 2.89. The summed E-state index contributed by atoms with van der Waals surface area (Å²) in [5.74, 6) is -0.715. The Morgan fingerprint density at radius 3 is 2.56 bits per heavy atom. The van der Waals surface area contributed by atoms with E-state index in [2.05, 4.69) is 12.1 Å². The van der Waals surface area contributed by atoms with Crippen LogP contribution < -0.4 is 0 Å². The van der Waals surface area contributed by atoms with E-state index in [-0.39, 0.29) is 5.41 Å². The molecule has 0 saturated heterocycles. The third kappa shape index (κ3) is 1.22. The monoisotopic (exact) mass is 214 g/mol. The molecule has 2 bridgehead atoms. The summed E-state index contributed by atoms with van der Waals surface area (Å²) in [6.07, 6.45) is 3.76. The number of aliphatic carboxylic acids is 1. The van der Waals surface area contributed by atoms with Crippen LogP contribution in [0.4, 0.5) is 0 Å². The van der Waals surface area contributed by atoms with Crippen LogP contribution in [0.15, 0.2) is 41.5 Å². The fourth-order valence-corrected chi connectivity index (χ4v) is 3.21. The summed E-state index contributed by atoms with van der Waals surface area (Å²) in [4.78, 5) is 11.1. The SMILES string of the molecule is O=C(O)C1=C2CCC(c3ccccc3)(C2)C1. The van der Waals surface area contributed by atoms with E-state index >= 15 is 0 Å². The highest BCUT2D eigenvalue weighted by atomic mass is 16.4. The molecule has 0 heterocycles. The summed E-state index contributed by atoms with van der Waals surface area (Å²) in [5.41, 5.74) is 3.26. The summed E-state index contributed by atoms with van der Waals surface area (Å²) in [7, 11) is 0. The lowest BCUT2D eigenvalue weighted by Gasteiger charge is -2.27. The lowest BCUT2D eigenvalue weighted by atomic mass is 9.76. The summed E-state index contributed by atoms with van der Waals surface area (Å²) >= 11 is 0. The van der Waals surface area contributed by atoms with E-state index in [1.807, 2.05) is 18.2 Å². The van der Waals surface area contributed by atoms with Crippen LogP contribution in [0.3, 0.4) is 0 Å². The van der Waals surface area contributed by atoms with Gasteiger partial charge in [-0.15, -0.1) is 0 Å². The molecule has 3 rings (SSSR count). The van der Waals surface area contributed by atoms with E-state index in [1.165, 1.54) is 11.1 Å². The summed E-state index contributed by atoms with van der Waals surface area (Å²) < 4.78 is 0. The van der Waals surface area contributed by atoms with Crippen LogP contribution in [0.2, 0.25) is 0 Å². The minimum absolute atomic E-state index is 0.102. The van der Waals surface area contributed by atoms with Crippen molar-refractivity contribution in [2.45, 2.75) is 31.1 Å². The van der Waals surface area contributed by atoms with Gasteiger partial charge in [-0.3, -0.25) is 0 Å². The molecule has 2 aliphatic rings. The Bertz CT molecular complexity index is 473. The fourth-order valence-electron chi connectivity index (χ4n) is 3.21. The standard InChI is InChI=1S/C14H14O2/c15-13(16)12-9-14(7-6-10(12)8-14)11-4-2-1-3-5-11/h1-5H,6-9H2,(H,15,16). The Kier molecular flexibility index (Phi) is 1.93. The van der Waals surface area contributed by atoms with Crippen LogP contribution in [0.5, 0.6) is 0 Å². The van der Waals surface area contributed by atoms with Crippen molar-refractivity contribution in [1.29, 1.82) is 0 Å². The molecule has 0 aromatic heterocycles. The Labute approximate surface area is 94.6 Å². The lowest BCUT2D eigenvalue weighted by Crippen LogP contribution is -2.22. The van der Waals surface area contributed by atoms with Crippen LogP contribution in [-0.4, -0.2) is 11.1 Å². The van der Waals surface area contributed by atoms with E-state index in [4.69, 9.17) is 5.11 Å². The number of allylic oxidation sites excluding steroid dienone is 1. The minimum atomic E-state index is -0.715. The molecule has 2 nitrogen and oxygen atoms in total. The molecule has 0 spiro atoms. The van der Waals surface area contributed by atoms with Gasteiger partial charge in [0.15, 0.2) is 0 Å². The second kappa shape index (κ2) is 3.21. The van der Waals surface area contributed by atoms with Gasteiger partial charge in [0.25, 0.3) is 0 Å². The van der Waals surface area contributed by atoms with Crippen LogP contribution in [0.1, 0.15) is 31.2 Å². The quantitative estimate of drug-likeness (QED) is 0.821. The van der Waals surface area contributed by atoms with Crippen LogP contribution >= 0.6 is 0 Å². The van der Waals surface area contributed by atoms with Crippen LogP contribution in [0, 0.1) is 0 Å². The first-order chi connectivity index (χ1) is 7.71. The highest BCUT2D eigenvalue weighted by molar-refractivity contribution is 5.89. The number of hydrogen-bond donors (Lipinski definition) is 1. The molecular weight excluding hydrogens is 200 g/mol. The van der Waals surface area contributed by atoms with Gasteiger partial charge >= 0.3 is 5.97 Å². The summed E-state index contributed by atoms with van der Waals surface area (Å²) in [5, 5.41) is 9.14. The van der Waals surface area contributed by atoms with Gasteiger partial charge in [-0.1, -0.05) is 35.9 Å². The van der Waals surface area contributed by atoms with Crippen molar-refractivity contribution < 1.29 is 9.90 Å². The van der Waals surface area contributed by atoms with Crippen molar-refractivity contribution in [3.05, 3.63) is 47.0 Å². The normalized spacial score (nSPS) is 27.5. The van der Waals surface area contributed by atoms with Crippen molar-refractivity contribution in [3.63, 3.8) is 0 Å². The number of hydrogen-bond acceptors (Lipinski definition) is 1. The molecule has 1 unspecified atom stereocenters. The van der Waals surface area contributed by atoms with Gasteiger partial charge in [0.05, 0.1) is 0 Å². The Hall–Kier alpha value is -1.57. The third-order valence-corrected chi connectivity index (χ3v) is 4.04. The zero-order valence-electron chi connectivity index (χ0n) is 9.07. The highest BCUT2D eigenvalue weighted by Crippen LogP contribution is 2.54. The van der Waals surface area contributed by atoms with Gasteiger partial charge in [-0.2, -0.15) is 0 Å². The number of carbonyl (C=O) groups is 1. The molecule has 1 saturated carbocycles. The maximum absolute atomic E-state index is 11.1. The molecule has 1 aromatic rings. The maximum atomic E-state index is 11.1. The molecular formula is C14H14O2. The second-order valence-electron chi connectivity index (χ2n) is 4.89. The fraction of sp³-hybridized carbons (Fsp3) is 0.357. The minimum Gasteiger partial charge on any atom is -0.478 e. The van der Waals surface area contributed by atoms with Crippen molar-refractivity contribution >= 4 is 5.97 Å². The first kappa shape index (κ1) is 9.64. The van der Waals surface area contributed by atoms with Gasteiger partial charge in [-0.05, 0) is 31.2 Å². The van der Waals surface area contributed by atoms with Crippen molar-refractivity contribution in [2.24, 2.45) is 0 Å². The summed E-state index contributed by atoms with van der Waals surface area (Å²) in [6.45, 7) is 0. The zero-order valence-corrected chi connectivity index (χ0v) is 9.07. The first-order valence-electron chi connectivity index (χ1n) is 5.71. The molecule has 1 atom stereocenters. The Morgan fingerprint density at radius 1 is 1.19 bits per heavy atom. The van der Waals surface area contributed by atoms with E-state index in [1.54, 1.807) is 0 Å². The van der Waals surface area contributed by atoms with Gasteiger partial charge in [-0.25, -0.2) is 4.79 Å². The van der Waals surface area contributed by atoms with Gasteiger partial charge < -0.3 is 5.11 Å². The first-order valence-corrected chi connectivity index (χ1v) is 5.71. The van der Waals surface area contributed by atoms with E-state index < -0.39 is 5.97 Å². The van der Waals surface area contributed by atoms with E-state index in [9.17, 15) is 4.79 Å². The van der Waals surface area contributed by atoms with E-state index in [0.717, 1.165) is 25.7 Å². The lowest BCUT2D eigenvalue weighted by molar-refractivity contribution is -0.132. The van der Waals surface area contributed by atoms with E-state index in [0.29, 0.717) is 5.57 Å². The van der Waals surface area contributed by atoms with Gasteiger partial charge in [0.2, 0.25) is 0 Å². The second-order valence-corrected chi connectivity index (χ2v) is 4.89. The highest BCUT2D eigenvalue weighted by Gasteiger charge is 2.46. The largest absolute Gasteiger partial charge is 0.478 e. The predicted octanol–water partition coefficient (Wildman–Crippen LogP) is 2.89. The molecule has 82 valence electrons. The number of carboxylic acid groups (broad SMARTS) is 1. The molecule has 1 N–H and O–H groups in total. The van der Waals surface area contributed by atoms with Gasteiger partial charge in [0, 0.05) is 11.0 Å². The van der Waals surface area contributed by atoms with Crippen LogP contribution in [-0.2, 0) is 10.2 Å². The Balaban J connectivity index is 1.99. The number of carboxylic acids is 1. The van der Waals surface area contributed by atoms with Crippen molar-refractivity contribution in [1.82, 2.24) is 0 Å². The molecule has 0 radical (unpaired) electrons. The molecule has 0 aliphatic heterocycles. The van der Waals surface area contributed by atoms with Crippen LogP contribution in [0.25, 0.3) is 0 Å². The Morgan fingerprint density at radius 2 is 1.94 bits per heavy atom. The van der Waals surface area contributed by atoms with Crippen molar-refractivity contribution in [3.8, 4) is 0 Å². The summed E-state index contributed by atoms with van der Waals surface area (Å²) in [6, 6.07) is 10.4. The predicted molar refractivity (Wildman–Crippen MR) is 61.2 cm³/mol. The molecule has 16 heavy (non-hydrogen) atoms. The zero-order chi connectivity index (χ0) is 11.2. The molecule has 2 heteroatoms. The average molecular weight is 214 g/mol. The third-order valence-electron chi connectivity index (χ3n) is 4.04. The topological polar surface area (TPSA) is 37.3 Å². The molecule has 1 fully saturated rings. The number of benzene rings is 1. The molecule has 1 aromatic carbocycles. The maximum Gasteiger partial charge on any atom is 0.331 e.